The van der Waals surface area contributed by atoms with Gasteiger partial charge in [0.2, 0.25) is 0 Å². The number of rotatable bonds is 7. The van der Waals surface area contributed by atoms with Crippen molar-refractivity contribution in [2.75, 3.05) is 5.32 Å². The van der Waals surface area contributed by atoms with Gasteiger partial charge in [0, 0.05) is 22.7 Å². The highest BCUT2D eigenvalue weighted by Gasteiger charge is 2.16. The van der Waals surface area contributed by atoms with Gasteiger partial charge in [-0.25, -0.2) is 4.98 Å². The monoisotopic (exact) mass is 408 g/mol. The second-order valence-electron chi connectivity index (χ2n) is 7.18. The third kappa shape index (κ3) is 5.35. The van der Waals surface area contributed by atoms with E-state index >= 15 is 0 Å². The van der Waals surface area contributed by atoms with Gasteiger partial charge in [0.15, 0.2) is 0 Å². The van der Waals surface area contributed by atoms with Crippen LogP contribution in [0.15, 0.2) is 53.9 Å². The van der Waals surface area contributed by atoms with E-state index in [4.69, 9.17) is 9.47 Å². The first-order chi connectivity index (χ1) is 14.2. The molecular weight excluding hydrogens is 384 g/mol. The first-order valence-electron chi connectivity index (χ1n) is 9.88. The lowest BCUT2D eigenvalue weighted by Crippen LogP contribution is -2.13. The molecule has 3 aromatic rings. The van der Waals surface area contributed by atoms with Crippen molar-refractivity contribution in [3.63, 3.8) is 0 Å². The zero-order chi connectivity index (χ0) is 20.1. The second kappa shape index (κ2) is 9.09. The fourth-order valence-electron chi connectivity index (χ4n) is 3.41. The van der Waals surface area contributed by atoms with Crippen LogP contribution < -0.4 is 14.8 Å². The van der Waals surface area contributed by atoms with Crippen molar-refractivity contribution in [2.45, 2.75) is 45.3 Å². The molecule has 1 fully saturated rings. The predicted molar refractivity (Wildman–Crippen MR) is 115 cm³/mol. The van der Waals surface area contributed by atoms with Gasteiger partial charge < -0.3 is 14.8 Å². The molecule has 1 amide bonds. The minimum atomic E-state index is -0.182. The summed E-state index contributed by atoms with van der Waals surface area (Å²) in [5, 5.41) is 5.93. The van der Waals surface area contributed by atoms with E-state index in [1.54, 1.807) is 23.5 Å². The molecule has 6 heteroatoms. The van der Waals surface area contributed by atoms with E-state index < -0.39 is 0 Å². The number of nitrogens with zero attached hydrogens (tertiary/aromatic N) is 1. The maximum Gasteiger partial charge on any atom is 0.255 e. The molecule has 0 unspecified atom stereocenters. The Balaban J connectivity index is 1.38. The number of carbonyl (C=O) groups is 1. The first kappa shape index (κ1) is 19.5. The number of carbonyl (C=O) groups excluding carboxylic acids is 1. The Hall–Kier alpha value is -2.86. The number of anilines is 1. The Kier molecular flexibility index (Phi) is 6.10. The zero-order valence-corrected chi connectivity index (χ0v) is 17.2. The SMILES string of the molecule is Cc1nc(COc2cccc(C(=O)Nc3cccc(OC4CCCC4)c3)c2)cs1. The molecule has 1 heterocycles. The van der Waals surface area contributed by atoms with Crippen molar-refractivity contribution in [2.24, 2.45) is 0 Å². The van der Waals surface area contributed by atoms with Gasteiger partial charge >= 0.3 is 0 Å². The molecule has 1 saturated carbocycles. The minimum Gasteiger partial charge on any atom is -0.490 e. The highest BCUT2D eigenvalue weighted by atomic mass is 32.1. The van der Waals surface area contributed by atoms with Gasteiger partial charge in [-0.1, -0.05) is 12.1 Å². The zero-order valence-electron chi connectivity index (χ0n) is 16.4. The van der Waals surface area contributed by atoms with E-state index in [1.807, 2.05) is 48.7 Å². The van der Waals surface area contributed by atoms with Crippen LogP contribution in [0.2, 0.25) is 0 Å². The van der Waals surface area contributed by atoms with E-state index in [0.29, 0.717) is 17.9 Å². The number of benzene rings is 2. The van der Waals surface area contributed by atoms with Gasteiger partial charge in [0.1, 0.15) is 18.1 Å². The van der Waals surface area contributed by atoms with Crippen LogP contribution in [0.1, 0.15) is 46.7 Å². The molecule has 0 saturated heterocycles. The Morgan fingerprint density at radius 3 is 2.72 bits per heavy atom. The van der Waals surface area contributed by atoms with Crippen molar-refractivity contribution in [1.29, 1.82) is 0 Å². The fraction of sp³-hybridized carbons (Fsp3) is 0.304. The van der Waals surface area contributed by atoms with Crippen molar-refractivity contribution >= 4 is 22.9 Å². The van der Waals surface area contributed by atoms with Crippen LogP contribution >= 0.6 is 11.3 Å². The number of nitrogens with one attached hydrogen (secondary N) is 1. The van der Waals surface area contributed by atoms with Gasteiger partial charge in [-0.15, -0.1) is 11.3 Å². The molecule has 2 aromatic carbocycles. The topological polar surface area (TPSA) is 60.5 Å². The smallest absolute Gasteiger partial charge is 0.255 e. The maximum atomic E-state index is 12.7. The van der Waals surface area contributed by atoms with Crippen molar-refractivity contribution in [3.8, 4) is 11.5 Å². The highest BCUT2D eigenvalue weighted by molar-refractivity contribution is 7.09. The largest absolute Gasteiger partial charge is 0.490 e. The molecule has 150 valence electrons. The van der Waals surface area contributed by atoms with Crippen LogP contribution in [-0.2, 0) is 6.61 Å². The molecule has 1 N–H and O–H groups in total. The fourth-order valence-corrected chi connectivity index (χ4v) is 4.01. The first-order valence-corrected chi connectivity index (χ1v) is 10.8. The lowest BCUT2D eigenvalue weighted by Gasteiger charge is -2.14. The molecule has 1 aliphatic rings. The average Bonchev–Trinajstić information content (AvgIpc) is 3.38. The van der Waals surface area contributed by atoms with Crippen LogP contribution in [0.25, 0.3) is 0 Å². The Morgan fingerprint density at radius 1 is 1.14 bits per heavy atom. The number of hydrogen-bond acceptors (Lipinski definition) is 5. The summed E-state index contributed by atoms with van der Waals surface area (Å²) in [6.07, 6.45) is 4.94. The van der Waals surface area contributed by atoms with Gasteiger partial charge in [-0.05, 0) is 62.9 Å². The van der Waals surface area contributed by atoms with Crippen LogP contribution in [0, 0.1) is 6.92 Å². The van der Waals surface area contributed by atoms with Crippen molar-refractivity contribution in [3.05, 3.63) is 70.2 Å². The maximum absolute atomic E-state index is 12.7. The average molecular weight is 409 g/mol. The van der Waals surface area contributed by atoms with E-state index in [2.05, 4.69) is 10.3 Å². The molecule has 0 aliphatic heterocycles. The molecule has 0 radical (unpaired) electrons. The number of hydrogen-bond donors (Lipinski definition) is 1. The Labute approximate surface area is 174 Å². The van der Waals surface area contributed by atoms with Crippen molar-refractivity contribution < 1.29 is 14.3 Å². The summed E-state index contributed by atoms with van der Waals surface area (Å²) >= 11 is 1.59. The highest BCUT2D eigenvalue weighted by Crippen LogP contribution is 2.26. The molecule has 29 heavy (non-hydrogen) atoms. The van der Waals surface area contributed by atoms with Gasteiger partial charge in [-0.3, -0.25) is 4.79 Å². The lowest BCUT2D eigenvalue weighted by atomic mass is 10.2. The number of aryl methyl sites for hydroxylation is 1. The quantitative estimate of drug-likeness (QED) is 0.552. The Morgan fingerprint density at radius 2 is 1.93 bits per heavy atom. The van der Waals surface area contributed by atoms with Crippen molar-refractivity contribution in [1.82, 2.24) is 4.98 Å². The summed E-state index contributed by atoms with van der Waals surface area (Å²) in [5.41, 5.74) is 2.15. The summed E-state index contributed by atoms with van der Waals surface area (Å²) in [6, 6.07) is 14.7. The summed E-state index contributed by atoms with van der Waals surface area (Å²) in [5.74, 6) is 1.25. The third-order valence-corrected chi connectivity index (χ3v) is 5.67. The van der Waals surface area contributed by atoms with E-state index in [9.17, 15) is 4.79 Å². The van der Waals surface area contributed by atoms with Gasteiger partial charge in [0.05, 0.1) is 16.8 Å². The lowest BCUT2D eigenvalue weighted by molar-refractivity contribution is 0.102. The van der Waals surface area contributed by atoms with Crippen LogP contribution in [0.5, 0.6) is 11.5 Å². The standard InChI is InChI=1S/C23H24N2O3S/c1-16-24-19(15-29-16)14-27-21-10-4-6-17(12-21)23(26)25-18-7-5-11-22(13-18)28-20-8-2-3-9-20/h4-7,10-13,15,20H,2-3,8-9,14H2,1H3,(H,25,26). The number of aromatic nitrogens is 1. The van der Waals surface area contributed by atoms with Crippen LogP contribution in [0.3, 0.4) is 0 Å². The van der Waals surface area contributed by atoms with E-state index in [1.165, 1.54) is 12.8 Å². The Bertz CT molecular complexity index is 980. The molecule has 0 spiro atoms. The summed E-state index contributed by atoms with van der Waals surface area (Å²) in [4.78, 5) is 17.1. The molecule has 1 aliphatic carbocycles. The predicted octanol–water partition coefficient (Wildman–Crippen LogP) is 5.60. The number of amides is 1. The van der Waals surface area contributed by atoms with Gasteiger partial charge in [-0.2, -0.15) is 0 Å². The van der Waals surface area contributed by atoms with Crippen LogP contribution in [0.4, 0.5) is 5.69 Å². The molecular formula is C23H24N2O3S. The molecule has 0 bridgehead atoms. The minimum absolute atomic E-state index is 0.182. The normalized spacial score (nSPS) is 14.0. The van der Waals surface area contributed by atoms with E-state index in [-0.39, 0.29) is 12.0 Å². The van der Waals surface area contributed by atoms with Crippen LogP contribution in [-0.4, -0.2) is 17.0 Å². The third-order valence-electron chi connectivity index (χ3n) is 4.85. The van der Waals surface area contributed by atoms with Gasteiger partial charge in [0.25, 0.3) is 5.91 Å². The summed E-state index contributed by atoms with van der Waals surface area (Å²) < 4.78 is 11.8. The number of ether oxygens (including phenoxy) is 2. The molecule has 4 rings (SSSR count). The molecule has 1 aromatic heterocycles. The van der Waals surface area contributed by atoms with E-state index in [0.717, 1.165) is 35.0 Å². The number of thiazole rings is 1. The second-order valence-corrected chi connectivity index (χ2v) is 8.24. The summed E-state index contributed by atoms with van der Waals surface area (Å²) in [6.45, 7) is 2.35. The summed E-state index contributed by atoms with van der Waals surface area (Å²) in [7, 11) is 0. The molecule has 0 atom stereocenters. The molecule has 5 nitrogen and oxygen atoms in total.